The lowest BCUT2D eigenvalue weighted by Gasteiger charge is -2.26. The van der Waals surface area contributed by atoms with Gasteiger partial charge in [0, 0.05) is 25.7 Å². The molecule has 0 amide bonds. The van der Waals surface area contributed by atoms with Crippen LogP contribution in [0.4, 0.5) is 5.69 Å². The highest BCUT2D eigenvalue weighted by molar-refractivity contribution is 6.32. The van der Waals surface area contributed by atoms with Crippen molar-refractivity contribution < 1.29 is 4.92 Å². The van der Waals surface area contributed by atoms with Gasteiger partial charge in [-0.25, -0.2) is 0 Å². The van der Waals surface area contributed by atoms with Crippen molar-refractivity contribution in [3.8, 4) is 0 Å². The van der Waals surface area contributed by atoms with Crippen molar-refractivity contribution >= 4 is 17.3 Å². The molecule has 0 saturated carbocycles. The first-order valence-electron chi connectivity index (χ1n) is 6.15. The van der Waals surface area contributed by atoms with E-state index in [0.717, 1.165) is 24.5 Å². The highest BCUT2D eigenvalue weighted by atomic mass is 35.5. The average Bonchev–Trinajstić information content (AvgIpc) is 2.88. The van der Waals surface area contributed by atoms with Crippen LogP contribution in [0.25, 0.3) is 0 Å². The average molecular weight is 294 g/mol. The third-order valence-electron chi connectivity index (χ3n) is 3.33. The van der Waals surface area contributed by atoms with Crippen LogP contribution in [0.5, 0.6) is 0 Å². The minimum Gasteiger partial charge on any atom is -0.315 e. The number of aromatic nitrogens is 3. The molecule has 0 fully saturated rings. The van der Waals surface area contributed by atoms with Crippen molar-refractivity contribution in [2.75, 3.05) is 6.54 Å². The summed E-state index contributed by atoms with van der Waals surface area (Å²) < 4.78 is 2.01. The lowest BCUT2D eigenvalue weighted by atomic mass is 10.2. The van der Waals surface area contributed by atoms with Crippen LogP contribution in [0.2, 0.25) is 5.02 Å². The number of nitrogens with zero attached hydrogens (tertiary/aromatic N) is 5. The third kappa shape index (κ3) is 2.50. The van der Waals surface area contributed by atoms with Crippen molar-refractivity contribution in [3.63, 3.8) is 0 Å². The van der Waals surface area contributed by atoms with Crippen LogP contribution in [0.1, 0.15) is 11.4 Å². The van der Waals surface area contributed by atoms with E-state index in [1.807, 2.05) is 10.6 Å². The predicted molar refractivity (Wildman–Crippen MR) is 72.2 cm³/mol. The fourth-order valence-corrected chi connectivity index (χ4v) is 2.49. The van der Waals surface area contributed by atoms with Gasteiger partial charge in [-0.15, -0.1) is 10.2 Å². The molecule has 0 unspecified atom stereocenters. The van der Waals surface area contributed by atoms with Gasteiger partial charge in [-0.3, -0.25) is 15.0 Å². The Bertz CT molecular complexity index is 657. The molecule has 0 N–H and O–H groups in total. The topological polar surface area (TPSA) is 77.1 Å². The van der Waals surface area contributed by atoms with E-state index >= 15 is 0 Å². The van der Waals surface area contributed by atoms with E-state index in [2.05, 4.69) is 15.1 Å². The fourth-order valence-electron chi connectivity index (χ4n) is 2.31. The summed E-state index contributed by atoms with van der Waals surface area (Å²) in [5.74, 6) is 0.916. The van der Waals surface area contributed by atoms with E-state index in [-0.39, 0.29) is 10.7 Å². The van der Waals surface area contributed by atoms with Crippen molar-refractivity contribution in [1.82, 2.24) is 19.7 Å². The van der Waals surface area contributed by atoms with Gasteiger partial charge in [0.2, 0.25) is 0 Å². The number of hydrogen-bond acceptors (Lipinski definition) is 5. The second-order valence-corrected chi connectivity index (χ2v) is 5.10. The van der Waals surface area contributed by atoms with E-state index in [1.54, 1.807) is 12.4 Å². The van der Waals surface area contributed by atoms with Gasteiger partial charge in [-0.05, 0) is 11.6 Å². The molecule has 1 aliphatic rings. The maximum atomic E-state index is 10.9. The molecule has 8 heteroatoms. The van der Waals surface area contributed by atoms with Crippen molar-refractivity contribution in [2.45, 2.75) is 19.6 Å². The molecule has 0 atom stereocenters. The predicted octanol–water partition coefficient (Wildman–Crippen LogP) is 1.86. The van der Waals surface area contributed by atoms with Crippen LogP contribution in [-0.4, -0.2) is 31.1 Å². The third-order valence-corrected chi connectivity index (χ3v) is 3.65. The molecule has 1 aliphatic heterocycles. The largest absolute Gasteiger partial charge is 0.315 e. The second kappa shape index (κ2) is 5.18. The normalized spacial score (nSPS) is 15.1. The van der Waals surface area contributed by atoms with E-state index in [1.165, 1.54) is 6.07 Å². The Morgan fingerprint density at radius 2 is 2.25 bits per heavy atom. The van der Waals surface area contributed by atoms with Crippen LogP contribution < -0.4 is 0 Å². The molecular weight excluding hydrogens is 282 g/mol. The monoisotopic (exact) mass is 293 g/mol. The zero-order valence-electron chi connectivity index (χ0n) is 10.6. The summed E-state index contributed by atoms with van der Waals surface area (Å²) in [7, 11) is 0. The molecule has 3 rings (SSSR count). The molecule has 0 spiro atoms. The lowest BCUT2D eigenvalue weighted by molar-refractivity contribution is -0.384. The summed E-state index contributed by atoms with van der Waals surface area (Å²) in [4.78, 5) is 12.6. The van der Waals surface area contributed by atoms with Crippen LogP contribution in [0.3, 0.4) is 0 Å². The first kappa shape index (κ1) is 13.0. The Morgan fingerprint density at radius 1 is 1.40 bits per heavy atom. The van der Waals surface area contributed by atoms with Crippen molar-refractivity contribution in [1.29, 1.82) is 0 Å². The number of nitro groups is 1. The summed E-state index contributed by atoms with van der Waals surface area (Å²) in [6, 6.07) is 4.91. The van der Waals surface area contributed by atoms with E-state index in [0.29, 0.717) is 13.1 Å². The molecule has 2 aromatic rings. The highest BCUT2D eigenvalue weighted by Gasteiger charge is 2.19. The Labute approximate surface area is 119 Å². The Kier molecular flexibility index (Phi) is 3.37. The zero-order valence-corrected chi connectivity index (χ0v) is 11.3. The zero-order chi connectivity index (χ0) is 14.1. The quantitative estimate of drug-likeness (QED) is 0.637. The maximum Gasteiger partial charge on any atom is 0.288 e. The number of halogens is 1. The van der Waals surface area contributed by atoms with Crippen LogP contribution in [0, 0.1) is 10.1 Å². The molecule has 20 heavy (non-hydrogen) atoms. The van der Waals surface area contributed by atoms with Gasteiger partial charge in [0.1, 0.15) is 17.2 Å². The van der Waals surface area contributed by atoms with Gasteiger partial charge in [0.05, 0.1) is 11.5 Å². The fraction of sp³-hybridized carbons (Fsp3) is 0.333. The van der Waals surface area contributed by atoms with E-state index < -0.39 is 4.92 Å². The van der Waals surface area contributed by atoms with Gasteiger partial charge >= 0.3 is 0 Å². The van der Waals surface area contributed by atoms with Crippen LogP contribution in [0.15, 0.2) is 24.5 Å². The lowest BCUT2D eigenvalue weighted by Crippen LogP contribution is -2.33. The molecule has 1 aromatic carbocycles. The molecule has 0 saturated heterocycles. The van der Waals surface area contributed by atoms with Gasteiger partial charge in [-0.1, -0.05) is 17.7 Å². The Balaban J connectivity index is 1.76. The molecule has 2 heterocycles. The van der Waals surface area contributed by atoms with Crippen molar-refractivity contribution in [2.24, 2.45) is 0 Å². The smallest absolute Gasteiger partial charge is 0.288 e. The number of rotatable bonds is 3. The van der Waals surface area contributed by atoms with Gasteiger partial charge < -0.3 is 4.57 Å². The summed E-state index contributed by atoms with van der Waals surface area (Å²) >= 11 is 5.81. The van der Waals surface area contributed by atoms with Gasteiger partial charge in [0.25, 0.3) is 5.69 Å². The van der Waals surface area contributed by atoms with E-state index in [9.17, 15) is 10.1 Å². The number of hydrogen-bond donors (Lipinski definition) is 0. The molecule has 104 valence electrons. The van der Waals surface area contributed by atoms with Gasteiger partial charge in [0.15, 0.2) is 0 Å². The summed E-state index contributed by atoms with van der Waals surface area (Å²) in [6.07, 6.45) is 1.72. The highest BCUT2D eigenvalue weighted by Crippen LogP contribution is 2.26. The first-order chi connectivity index (χ1) is 9.63. The Hall–Kier alpha value is -1.99. The van der Waals surface area contributed by atoms with Gasteiger partial charge in [-0.2, -0.15) is 0 Å². The molecule has 0 aliphatic carbocycles. The van der Waals surface area contributed by atoms with Crippen LogP contribution >= 0.6 is 11.6 Å². The van der Waals surface area contributed by atoms with Crippen LogP contribution in [-0.2, 0) is 19.6 Å². The number of nitro benzene ring substituents is 1. The second-order valence-electron chi connectivity index (χ2n) is 4.69. The number of benzene rings is 1. The standard InChI is InChI=1S/C12H12ClN5O2/c13-10-2-1-9(5-11(10)18(19)20)6-16-3-4-17-8-14-15-12(17)7-16/h1-2,5,8H,3-4,6-7H2. The SMILES string of the molecule is O=[N+]([O-])c1cc(CN2CCn3cnnc3C2)ccc1Cl. The molecule has 0 bridgehead atoms. The Morgan fingerprint density at radius 3 is 3.05 bits per heavy atom. The molecular formula is C12H12ClN5O2. The molecule has 1 aromatic heterocycles. The van der Waals surface area contributed by atoms with E-state index in [4.69, 9.17) is 11.6 Å². The minimum atomic E-state index is -0.460. The summed E-state index contributed by atoms with van der Waals surface area (Å²) in [5, 5.41) is 19.0. The summed E-state index contributed by atoms with van der Waals surface area (Å²) in [6.45, 7) is 3.01. The van der Waals surface area contributed by atoms with Crippen molar-refractivity contribution in [3.05, 3.63) is 51.1 Å². The molecule has 0 radical (unpaired) electrons. The first-order valence-corrected chi connectivity index (χ1v) is 6.53. The molecule has 7 nitrogen and oxygen atoms in total. The summed E-state index contributed by atoms with van der Waals surface area (Å²) in [5.41, 5.74) is 0.818. The maximum absolute atomic E-state index is 10.9. The number of fused-ring (bicyclic) bond motifs is 1. The minimum absolute atomic E-state index is 0.0515.